The number of anilines is 2. The van der Waals surface area contributed by atoms with Crippen LogP contribution >= 0.6 is 11.6 Å². The van der Waals surface area contributed by atoms with Crippen LogP contribution in [0.5, 0.6) is 0 Å². The summed E-state index contributed by atoms with van der Waals surface area (Å²) < 4.78 is 28.0. The molecule has 11 heteroatoms. The van der Waals surface area contributed by atoms with Gasteiger partial charge in [0.2, 0.25) is 0 Å². The van der Waals surface area contributed by atoms with Crippen LogP contribution in [0, 0.1) is 0 Å². The Hall–Kier alpha value is -3.37. The number of nitrogens with two attached hydrogens (primary N) is 1. The third kappa shape index (κ3) is 4.39. The summed E-state index contributed by atoms with van der Waals surface area (Å²) in [4.78, 5) is 19.0. The highest BCUT2D eigenvalue weighted by molar-refractivity contribution is 7.92. The zero-order valence-corrected chi connectivity index (χ0v) is 16.6. The largest absolute Gasteiger partial charge is 0.478 e. The van der Waals surface area contributed by atoms with Gasteiger partial charge >= 0.3 is 5.97 Å². The van der Waals surface area contributed by atoms with E-state index in [9.17, 15) is 13.2 Å². The van der Waals surface area contributed by atoms with Gasteiger partial charge in [-0.1, -0.05) is 23.7 Å². The molecule has 0 fully saturated rings. The molecule has 0 saturated heterocycles. The van der Waals surface area contributed by atoms with Crippen molar-refractivity contribution in [3.63, 3.8) is 0 Å². The molecule has 29 heavy (non-hydrogen) atoms. The number of halogens is 1. The fourth-order valence-corrected chi connectivity index (χ4v) is 3.85. The van der Waals surface area contributed by atoms with Gasteiger partial charge in [0.1, 0.15) is 5.82 Å². The summed E-state index contributed by atoms with van der Waals surface area (Å²) in [6, 6.07) is 9.81. The van der Waals surface area contributed by atoms with Crippen LogP contribution < -0.4 is 15.8 Å². The molecule has 0 bridgehead atoms. The number of guanidine groups is 1. The highest BCUT2D eigenvalue weighted by Gasteiger charge is 2.18. The number of aromatic nitrogens is 1. The van der Waals surface area contributed by atoms with Gasteiger partial charge in [0.25, 0.3) is 10.0 Å². The molecule has 0 aliphatic carbocycles. The Morgan fingerprint density at radius 1 is 1.21 bits per heavy atom. The molecule has 1 heterocycles. The Morgan fingerprint density at radius 2 is 1.97 bits per heavy atom. The summed E-state index contributed by atoms with van der Waals surface area (Å²) in [5.74, 6) is -0.779. The van der Waals surface area contributed by atoms with Crippen molar-refractivity contribution in [2.75, 3.05) is 17.1 Å². The van der Waals surface area contributed by atoms with Gasteiger partial charge in [-0.05, 0) is 30.3 Å². The fourth-order valence-electron chi connectivity index (χ4n) is 2.56. The molecule has 3 rings (SSSR count). The number of pyridine rings is 1. The SMILES string of the molecule is CN=C(N)Nc1ncc(Cl)c2ccc(S(=O)(=O)Nc3cccc(C(=O)O)c3)cc12. The van der Waals surface area contributed by atoms with Gasteiger partial charge in [-0.15, -0.1) is 0 Å². The van der Waals surface area contributed by atoms with Crippen molar-refractivity contribution >= 4 is 55.8 Å². The van der Waals surface area contributed by atoms with E-state index in [1.54, 1.807) is 6.07 Å². The van der Waals surface area contributed by atoms with Crippen molar-refractivity contribution in [1.29, 1.82) is 0 Å². The van der Waals surface area contributed by atoms with Crippen LogP contribution in [0.3, 0.4) is 0 Å². The summed E-state index contributed by atoms with van der Waals surface area (Å²) in [7, 11) is -2.52. The minimum atomic E-state index is -4.01. The van der Waals surface area contributed by atoms with Crippen molar-refractivity contribution in [1.82, 2.24) is 4.98 Å². The van der Waals surface area contributed by atoms with Crippen LogP contribution in [0.4, 0.5) is 11.5 Å². The summed E-state index contributed by atoms with van der Waals surface area (Å²) >= 11 is 6.17. The molecule has 0 spiro atoms. The second-order valence-electron chi connectivity index (χ2n) is 5.89. The number of nitrogens with zero attached hydrogens (tertiary/aromatic N) is 2. The van der Waals surface area contributed by atoms with E-state index in [-0.39, 0.29) is 27.9 Å². The monoisotopic (exact) mass is 433 g/mol. The number of nitrogens with one attached hydrogen (secondary N) is 2. The van der Waals surface area contributed by atoms with Gasteiger partial charge < -0.3 is 16.2 Å². The lowest BCUT2D eigenvalue weighted by molar-refractivity contribution is 0.0697. The maximum atomic E-state index is 12.8. The first-order valence-corrected chi connectivity index (χ1v) is 10.0. The molecule has 0 atom stereocenters. The number of aromatic carboxylic acids is 1. The molecule has 150 valence electrons. The Morgan fingerprint density at radius 3 is 2.66 bits per heavy atom. The molecular formula is C18H16ClN5O4S. The van der Waals surface area contributed by atoms with E-state index in [1.165, 1.54) is 49.6 Å². The van der Waals surface area contributed by atoms with Crippen LogP contribution in [-0.2, 0) is 10.0 Å². The number of rotatable bonds is 5. The van der Waals surface area contributed by atoms with Crippen molar-refractivity contribution in [3.05, 3.63) is 59.2 Å². The normalized spacial score (nSPS) is 12.0. The maximum Gasteiger partial charge on any atom is 0.335 e. The lowest BCUT2D eigenvalue weighted by Crippen LogP contribution is -2.22. The van der Waals surface area contributed by atoms with Gasteiger partial charge in [-0.2, -0.15) is 0 Å². The van der Waals surface area contributed by atoms with E-state index in [0.29, 0.717) is 15.8 Å². The molecule has 0 amide bonds. The molecule has 0 aliphatic rings. The molecule has 3 aromatic rings. The minimum Gasteiger partial charge on any atom is -0.478 e. The summed E-state index contributed by atoms with van der Waals surface area (Å²) in [5.41, 5.74) is 5.77. The number of hydrogen-bond acceptors (Lipinski definition) is 5. The highest BCUT2D eigenvalue weighted by atomic mass is 35.5. The van der Waals surface area contributed by atoms with E-state index in [4.69, 9.17) is 22.4 Å². The zero-order valence-electron chi connectivity index (χ0n) is 15.0. The molecule has 0 aliphatic heterocycles. The third-order valence-electron chi connectivity index (χ3n) is 3.97. The average molecular weight is 434 g/mol. The lowest BCUT2D eigenvalue weighted by atomic mass is 10.1. The number of fused-ring (bicyclic) bond motifs is 1. The minimum absolute atomic E-state index is 0.0412. The standard InChI is InChI=1S/C18H16ClN5O4S/c1-21-18(20)23-16-14-8-12(5-6-13(14)15(19)9-22-16)29(27,28)24-11-4-2-3-10(7-11)17(25)26/h2-9,24H,1H3,(H,25,26)(H3,20,21,22,23). The Labute approximate surface area is 171 Å². The number of carbonyl (C=O) groups is 1. The first kappa shape index (κ1) is 20.4. The van der Waals surface area contributed by atoms with Gasteiger partial charge in [0.05, 0.1) is 15.5 Å². The van der Waals surface area contributed by atoms with Crippen LogP contribution in [0.1, 0.15) is 10.4 Å². The summed E-state index contributed by atoms with van der Waals surface area (Å²) in [6.07, 6.45) is 1.42. The molecule has 0 radical (unpaired) electrons. The van der Waals surface area contributed by atoms with Crippen LogP contribution in [0.25, 0.3) is 10.8 Å². The second-order valence-corrected chi connectivity index (χ2v) is 7.98. The van der Waals surface area contributed by atoms with Crippen molar-refractivity contribution in [2.45, 2.75) is 4.90 Å². The van der Waals surface area contributed by atoms with E-state index in [1.807, 2.05) is 0 Å². The lowest BCUT2D eigenvalue weighted by Gasteiger charge is -2.12. The van der Waals surface area contributed by atoms with Crippen molar-refractivity contribution < 1.29 is 18.3 Å². The highest BCUT2D eigenvalue weighted by Crippen LogP contribution is 2.30. The number of carboxylic acids is 1. The van der Waals surface area contributed by atoms with E-state index in [0.717, 1.165) is 0 Å². The van der Waals surface area contributed by atoms with E-state index >= 15 is 0 Å². The van der Waals surface area contributed by atoms with E-state index in [2.05, 4.69) is 20.0 Å². The van der Waals surface area contributed by atoms with Crippen LogP contribution in [0.2, 0.25) is 5.02 Å². The maximum absolute atomic E-state index is 12.8. The molecule has 2 aromatic carbocycles. The third-order valence-corrected chi connectivity index (χ3v) is 5.65. The topological polar surface area (TPSA) is 147 Å². The Kier molecular flexibility index (Phi) is 5.57. The first-order chi connectivity index (χ1) is 13.7. The van der Waals surface area contributed by atoms with E-state index < -0.39 is 16.0 Å². The first-order valence-electron chi connectivity index (χ1n) is 8.15. The van der Waals surface area contributed by atoms with Gasteiger partial charge in [0, 0.05) is 29.7 Å². The molecule has 0 saturated carbocycles. The number of hydrogen-bond donors (Lipinski definition) is 4. The predicted octanol–water partition coefficient (Wildman–Crippen LogP) is 2.74. The molecule has 0 unspecified atom stereocenters. The number of carboxylic acid groups (broad SMARTS) is 1. The predicted molar refractivity (Wildman–Crippen MR) is 112 cm³/mol. The molecule has 5 N–H and O–H groups in total. The van der Waals surface area contributed by atoms with Crippen LogP contribution in [0.15, 0.2) is 58.5 Å². The second kappa shape index (κ2) is 7.94. The quantitative estimate of drug-likeness (QED) is 0.357. The molecule has 9 nitrogen and oxygen atoms in total. The smallest absolute Gasteiger partial charge is 0.335 e. The van der Waals surface area contributed by atoms with Crippen molar-refractivity contribution in [2.24, 2.45) is 10.7 Å². The average Bonchev–Trinajstić information content (AvgIpc) is 2.69. The van der Waals surface area contributed by atoms with Gasteiger partial charge in [-0.25, -0.2) is 18.2 Å². The van der Waals surface area contributed by atoms with Gasteiger partial charge in [-0.3, -0.25) is 9.71 Å². The van der Waals surface area contributed by atoms with Crippen molar-refractivity contribution in [3.8, 4) is 0 Å². The number of benzene rings is 2. The number of sulfonamides is 1. The zero-order chi connectivity index (χ0) is 21.2. The van der Waals surface area contributed by atoms with Gasteiger partial charge in [0.15, 0.2) is 5.96 Å². The number of aliphatic imine (C=N–C) groups is 1. The molecule has 1 aromatic heterocycles. The summed E-state index contributed by atoms with van der Waals surface area (Å²) in [5, 5.41) is 13.2. The van der Waals surface area contributed by atoms with Crippen LogP contribution in [-0.4, -0.2) is 37.5 Å². The summed E-state index contributed by atoms with van der Waals surface area (Å²) in [6.45, 7) is 0. The molecular weight excluding hydrogens is 418 g/mol. The Balaban J connectivity index is 2.05. The fraction of sp³-hybridized carbons (Fsp3) is 0.0556. The Bertz CT molecular complexity index is 1240.